The first-order valence-electron chi connectivity index (χ1n) is 6.75. The highest BCUT2D eigenvalue weighted by atomic mass is 16.2. The highest BCUT2D eigenvalue weighted by molar-refractivity contribution is 5.94. The van der Waals surface area contributed by atoms with E-state index >= 15 is 0 Å². The lowest BCUT2D eigenvalue weighted by atomic mass is 10.2. The van der Waals surface area contributed by atoms with Crippen LogP contribution in [-0.2, 0) is 0 Å². The predicted octanol–water partition coefficient (Wildman–Crippen LogP) is 2.16. The number of carbonyl (C=O) groups excluding carboxylic acids is 1. The molecule has 1 aliphatic rings. The van der Waals surface area contributed by atoms with Gasteiger partial charge in [0, 0.05) is 32.4 Å². The number of carbonyl (C=O) groups is 1. The summed E-state index contributed by atoms with van der Waals surface area (Å²) in [5.74, 6) is 0.0774. The number of hydrogen-bond acceptors (Lipinski definition) is 3. The second-order valence-electron chi connectivity index (χ2n) is 4.60. The molecule has 0 saturated carbocycles. The van der Waals surface area contributed by atoms with Crippen molar-refractivity contribution < 1.29 is 4.79 Å². The maximum Gasteiger partial charge on any atom is 0.255 e. The van der Waals surface area contributed by atoms with Gasteiger partial charge in [0.25, 0.3) is 5.91 Å². The summed E-state index contributed by atoms with van der Waals surface area (Å²) in [5.41, 5.74) is 1.77. The number of aromatic nitrogens is 1. The summed E-state index contributed by atoms with van der Waals surface area (Å²) >= 11 is 0. The van der Waals surface area contributed by atoms with Crippen LogP contribution in [0.2, 0.25) is 0 Å². The Bertz CT molecular complexity index is 409. The van der Waals surface area contributed by atoms with Gasteiger partial charge in [0.15, 0.2) is 0 Å². The van der Waals surface area contributed by atoms with Crippen LogP contribution in [0.3, 0.4) is 0 Å². The van der Waals surface area contributed by atoms with E-state index in [0.29, 0.717) is 5.56 Å². The van der Waals surface area contributed by atoms with Crippen molar-refractivity contribution in [2.45, 2.75) is 26.7 Å². The molecule has 0 aliphatic carbocycles. The van der Waals surface area contributed by atoms with Gasteiger partial charge in [0.2, 0.25) is 0 Å². The zero-order valence-corrected chi connectivity index (χ0v) is 11.2. The number of hydrogen-bond donors (Lipinski definition) is 0. The summed E-state index contributed by atoms with van der Waals surface area (Å²) < 4.78 is 0. The van der Waals surface area contributed by atoms with E-state index in [4.69, 9.17) is 0 Å². The predicted molar refractivity (Wildman–Crippen MR) is 72.9 cm³/mol. The molecule has 1 aromatic rings. The third-order valence-corrected chi connectivity index (χ3v) is 3.49. The fourth-order valence-electron chi connectivity index (χ4n) is 2.39. The van der Waals surface area contributed by atoms with Gasteiger partial charge in [-0.1, -0.05) is 0 Å². The van der Waals surface area contributed by atoms with Crippen LogP contribution < -0.4 is 4.90 Å². The monoisotopic (exact) mass is 247 g/mol. The molecule has 0 N–H and O–H groups in total. The van der Waals surface area contributed by atoms with Gasteiger partial charge in [-0.3, -0.25) is 9.78 Å². The first kappa shape index (κ1) is 12.9. The van der Waals surface area contributed by atoms with Crippen molar-refractivity contribution in [2.24, 2.45) is 0 Å². The number of nitrogens with zero attached hydrogens (tertiary/aromatic N) is 3. The molecule has 1 aromatic heterocycles. The fourth-order valence-corrected chi connectivity index (χ4v) is 2.39. The van der Waals surface area contributed by atoms with E-state index in [9.17, 15) is 4.79 Å². The Labute approximate surface area is 109 Å². The molecule has 1 aliphatic heterocycles. The van der Waals surface area contributed by atoms with Crippen LogP contribution in [0.4, 0.5) is 5.69 Å². The van der Waals surface area contributed by atoms with Gasteiger partial charge < -0.3 is 9.80 Å². The van der Waals surface area contributed by atoms with Crippen LogP contribution >= 0.6 is 0 Å². The van der Waals surface area contributed by atoms with Crippen molar-refractivity contribution >= 4 is 11.6 Å². The first-order valence-corrected chi connectivity index (χ1v) is 6.75. The molecule has 1 fully saturated rings. The van der Waals surface area contributed by atoms with Gasteiger partial charge >= 0.3 is 0 Å². The molecule has 0 bridgehead atoms. The largest absolute Gasteiger partial charge is 0.370 e. The van der Waals surface area contributed by atoms with E-state index in [0.717, 1.165) is 31.9 Å². The Morgan fingerprint density at radius 3 is 2.56 bits per heavy atom. The molecule has 0 spiro atoms. The third-order valence-electron chi connectivity index (χ3n) is 3.49. The Hall–Kier alpha value is -1.58. The molecular weight excluding hydrogens is 226 g/mol. The summed E-state index contributed by atoms with van der Waals surface area (Å²) in [5, 5.41) is 0. The normalized spacial score (nSPS) is 14.9. The van der Waals surface area contributed by atoms with Crippen molar-refractivity contribution in [1.82, 2.24) is 9.88 Å². The second-order valence-corrected chi connectivity index (χ2v) is 4.60. The Kier molecular flexibility index (Phi) is 4.18. The minimum Gasteiger partial charge on any atom is -0.370 e. The highest BCUT2D eigenvalue weighted by Gasteiger charge is 2.17. The maximum atomic E-state index is 12.2. The topological polar surface area (TPSA) is 36.4 Å². The average molecular weight is 247 g/mol. The maximum absolute atomic E-state index is 12.2. The van der Waals surface area contributed by atoms with Crippen molar-refractivity contribution in [3.8, 4) is 0 Å². The minimum atomic E-state index is 0.0774. The SMILES string of the molecule is CCN(CC)C(=O)c1cncc(N2CCCC2)c1. The molecule has 4 nitrogen and oxygen atoms in total. The van der Waals surface area contributed by atoms with Crippen molar-refractivity contribution in [2.75, 3.05) is 31.1 Å². The van der Waals surface area contributed by atoms with E-state index in [1.54, 1.807) is 6.20 Å². The fraction of sp³-hybridized carbons (Fsp3) is 0.571. The molecule has 0 radical (unpaired) electrons. The van der Waals surface area contributed by atoms with Crippen LogP contribution in [-0.4, -0.2) is 42.0 Å². The molecule has 2 heterocycles. The molecule has 1 amide bonds. The van der Waals surface area contributed by atoms with E-state index < -0.39 is 0 Å². The van der Waals surface area contributed by atoms with E-state index in [-0.39, 0.29) is 5.91 Å². The van der Waals surface area contributed by atoms with E-state index in [2.05, 4.69) is 9.88 Å². The van der Waals surface area contributed by atoms with Crippen LogP contribution in [0.15, 0.2) is 18.5 Å². The summed E-state index contributed by atoms with van der Waals surface area (Å²) in [6.07, 6.45) is 5.98. The molecule has 98 valence electrons. The molecule has 0 unspecified atom stereocenters. The molecule has 0 aromatic carbocycles. The minimum absolute atomic E-state index is 0.0774. The third kappa shape index (κ3) is 2.63. The Morgan fingerprint density at radius 2 is 1.94 bits per heavy atom. The molecule has 0 atom stereocenters. The van der Waals surface area contributed by atoms with Gasteiger partial charge in [-0.2, -0.15) is 0 Å². The van der Waals surface area contributed by atoms with Crippen LogP contribution in [0.5, 0.6) is 0 Å². The van der Waals surface area contributed by atoms with Crippen molar-refractivity contribution in [1.29, 1.82) is 0 Å². The van der Waals surface area contributed by atoms with E-state index in [1.165, 1.54) is 12.8 Å². The molecule has 18 heavy (non-hydrogen) atoms. The summed E-state index contributed by atoms with van der Waals surface area (Å²) in [6.45, 7) is 7.63. The van der Waals surface area contributed by atoms with Gasteiger partial charge in [0.1, 0.15) is 0 Å². The van der Waals surface area contributed by atoms with Gasteiger partial charge in [-0.15, -0.1) is 0 Å². The number of anilines is 1. The lowest BCUT2D eigenvalue weighted by molar-refractivity contribution is 0.0772. The summed E-state index contributed by atoms with van der Waals surface area (Å²) in [4.78, 5) is 20.6. The lowest BCUT2D eigenvalue weighted by Crippen LogP contribution is -2.30. The number of amides is 1. The lowest BCUT2D eigenvalue weighted by Gasteiger charge is -2.21. The van der Waals surface area contributed by atoms with Crippen LogP contribution in [0.25, 0.3) is 0 Å². The standard InChI is InChI=1S/C14H21N3O/c1-3-16(4-2)14(18)12-9-13(11-15-10-12)17-7-5-6-8-17/h9-11H,3-8H2,1-2H3. The average Bonchev–Trinajstić information content (AvgIpc) is 2.94. The smallest absolute Gasteiger partial charge is 0.255 e. The van der Waals surface area contributed by atoms with Gasteiger partial charge in [-0.05, 0) is 32.8 Å². The zero-order chi connectivity index (χ0) is 13.0. The quantitative estimate of drug-likeness (QED) is 0.818. The molecular formula is C14H21N3O. The first-order chi connectivity index (χ1) is 8.76. The zero-order valence-electron chi connectivity index (χ0n) is 11.2. The van der Waals surface area contributed by atoms with Crippen molar-refractivity contribution in [3.05, 3.63) is 24.0 Å². The Morgan fingerprint density at radius 1 is 1.28 bits per heavy atom. The number of rotatable bonds is 4. The number of pyridine rings is 1. The summed E-state index contributed by atoms with van der Waals surface area (Å²) in [6, 6.07) is 1.97. The molecule has 4 heteroatoms. The Balaban J connectivity index is 2.18. The van der Waals surface area contributed by atoms with E-state index in [1.807, 2.05) is 31.0 Å². The molecule has 2 rings (SSSR count). The van der Waals surface area contributed by atoms with Crippen LogP contribution in [0.1, 0.15) is 37.0 Å². The van der Waals surface area contributed by atoms with Gasteiger partial charge in [0.05, 0.1) is 17.4 Å². The van der Waals surface area contributed by atoms with Gasteiger partial charge in [-0.25, -0.2) is 0 Å². The highest BCUT2D eigenvalue weighted by Crippen LogP contribution is 2.20. The summed E-state index contributed by atoms with van der Waals surface area (Å²) in [7, 11) is 0. The van der Waals surface area contributed by atoms with Crippen LogP contribution in [0, 0.1) is 0 Å². The second kappa shape index (κ2) is 5.85. The van der Waals surface area contributed by atoms with Crippen molar-refractivity contribution in [3.63, 3.8) is 0 Å². The molecule has 1 saturated heterocycles.